The molecule has 4 unspecified atom stereocenters. The minimum Gasteiger partial charge on any atom is -0.344 e. The number of rotatable bonds is 7. The standard InChI is InChI=1S/C28H50N4O4/c1-18(2)14-22-26(33)32(13-11-29-22)23(15-19(3)4)27(34)31-12-10-28(17-20(31)5)35-24-9-8-21(30(6)7)16-25(24)36-28/h18-25,29H,8-17H2,1-7H3/t20-,21?,22-,23-,24?,25?,28?/m0/s1. The highest BCUT2D eigenvalue weighted by atomic mass is 16.8. The van der Waals surface area contributed by atoms with Crippen molar-refractivity contribution >= 4 is 11.8 Å². The molecular formula is C28H50N4O4. The number of carbonyl (C=O) groups is 2. The molecule has 0 aromatic carbocycles. The van der Waals surface area contributed by atoms with Gasteiger partial charge in [0.25, 0.3) is 0 Å². The molecule has 4 aliphatic rings. The molecule has 1 spiro atoms. The van der Waals surface area contributed by atoms with E-state index in [1.54, 1.807) is 0 Å². The Morgan fingerprint density at radius 3 is 2.47 bits per heavy atom. The van der Waals surface area contributed by atoms with Crippen molar-refractivity contribution in [2.75, 3.05) is 33.7 Å². The third kappa shape index (κ3) is 5.92. The highest BCUT2D eigenvalue weighted by Gasteiger charge is 2.53. The van der Waals surface area contributed by atoms with E-state index in [0.29, 0.717) is 50.2 Å². The summed E-state index contributed by atoms with van der Waals surface area (Å²) in [7, 11) is 4.29. The van der Waals surface area contributed by atoms with Gasteiger partial charge in [-0.2, -0.15) is 0 Å². The summed E-state index contributed by atoms with van der Waals surface area (Å²) < 4.78 is 13.2. The number of fused-ring (bicyclic) bond motifs is 1. The van der Waals surface area contributed by atoms with E-state index in [2.05, 4.69) is 58.9 Å². The second-order valence-corrected chi connectivity index (χ2v) is 12.8. The van der Waals surface area contributed by atoms with Gasteiger partial charge >= 0.3 is 0 Å². The fourth-order valence-electron chi connectivity index (χ4n) is 6.82. The Bertz CT molecular complexity index is 790. The Kier molecular flexibility index (Phi) is 8.70. The number of likely N-dealkylation sites (tertiary alicyclic amines) is 1. The molecule has 7 atom stereocenters. The van der Waals surface area contributed by atoms with Crippen LogP contribution in [0.1, 0.15) is 79.6 Å². The van der Waals surface area contributed by atoms with Crippen LogP contribution >= 0.6 is 0 Å². The van der Waals surface area contributed by atoms with Crippen LogP contribution in [0.4, 0.5) is 0 Å². The molecule has 8 heteroatoms. The average molecular weight is 507 g/mol. The molecule has 4 rings (SSSR count). The van der Waals surface area contributed by atoms with Crippen LogP contribution in [0.15, 0.2) is 0 Å². The van der Waals surface area contributed by atoms with Crippen LogP contribution in [0.2, 0.25) is 0 Å². The van der Waals surface area contributed by atoms with E-state index in [-0.39, 0.29) is 36.1 Å². The zero-order valence-corrected chi connectivity index (χ0v) is 23.7. The van der Waals surface area contributed by atoms with Gasteiger partial charge in [-0.25, -0.2) is 0 Å². The summed E-state index contributed by atoms with van der Waals surface area (Å²) in [5.41, 5.74) is 0. The Morgan fingerprint density at radius 2 is 1.83 bits per heavy atom. The van der Waals surface area contributed by atoms with Crippen molar-refractivity contribution in [1.29, 1.82) is 0 Å². The SMILES string of the molecule is CC(C)C[C@@H]1NCCN([C@@H](CC(C)C)C(=O)N2CCC3(C[C@@H]2C)OC2CCC(N(C)C)CC2O3)C1=O. The minimum absolute atomic E-state index is 0.00943. The maximum Gasteiger partial charge on any atom is 0.245 e. The lowest BCUT2D eigenvalue weighted by atomic mass is 9.90. The molecule has 2 amide bonds. The second-order valence-electron chi connectivity index (χ2n) is 12.8. The maximum atomic E-state index is 14.0. The smallest absolute Gasteiger partial charge is 0.245 e. The molecule has 3 saturated heterocycles. The number of hydrogen-bond acceptors (Lipinski definition) is 6. The normalized spacial score (nSPS) is 36.3. The zero-order chi connectivity index (χ0) is 26.2. The maximum absolute atomic E-state index is 14.0. The van der Waals surface area contributed by atoms with Gasteiger partial charge in [0, 0.05) is 44.6 Å². The number of ether oxygens (including phenoxy) is 2. The summed E-state index contributed by atoms with van der Waals surface area (Å²) in [6.45, 7) is 12.6. The lowest BCUT2D eigenvalue weighted by Gasteiger charge is -2.46. The second kappa shape index (κ2) is 11.3. The van der Waals surface area contributed by atoms with Gasteiger partial charge in [0.15, 0.2) is 5.79 Å². The van der Waals surface area contributed by atoms with Crippen molar-refractivity contribution in [2.45, 2.75) is 122 Å². The van der Waals surface area contributed by atoms with E-state index in [1.165, 1.54) is 0 Å². The molecule has 1 N–H and O–H groups in total. The first-order chi connectivity index (χ1) is 17.0. The van der Waals surface area contributed by atoms with Crippen LogP contribution in [-0.4, -0.2) is 102 Å². The van der Waals surface area contributed by atoms with Gasteiger partial charge in [-0.05, 0) is 65.0 Å². The monoisotopic (exact) mass is 506 g/mol. The first-order valence-corrected chi connectivity index (χ1v) is 14.4. The molecule has 0 aromatic heterocycles. The molecule has 0 aromatic rings. The van der Waals surface area contributed by atoms with Gasteiger partial charge in [0.2, 0.25) is 11.8 Å². The fourth-order valence-corrected chi connectivity index (χ4v) is 6.82. The third-order valence-corrected chi connectivity index (χ3v) is 8.71. The van der Waals surface area contributed by atoms with E-state index in [0.717, 1.165) is 32.2 Å². The molecule has 3 heterocycles. The average Bonchev–Trinajstić information content (AvgIpc) is 3.14. The van der Waals surface area contributed by atoms with Gasteiger partial charge in [-0.15, -0.1) is 0 Å². The number of piperazine rings is 1. The van der Waals surface area contributed by atoms with Gasteiger partial charge in [0.1, 0.15) is 6.04 Å². The highest BCUT2D eigenvalue weighted by Crippen LogP contribution is 2.44. The van der Waals surface area contributed by atoms with Crippen molar-refractivity contribution in [3.63, 3.8) is 0 Å². The van der Waals surface area contributed by atoms with Gasteiger partial charge in [-0.3, -0.25) is 9.59 Å². The van der Waals surface area contributed by atoms with Crippen molar-refractivity contribution < 1.29 is 19.1 Å². The summed E-state index contributed by atoms with van der Waals surface area (Å²) in [4.78, 5) is 33.6. The van der Waals surface area contributed by atoms with Crippen molar-refractivity contribution in [3.05, 3.63) is 0 Å². The number of amides is 2. The predicted molar refractivity (Wildman–Crippen MR) is 140 cm³/mol. The van der Waals surface area contributed by atoms with Crippen molar-refractivity contribution in [1.82, 2.24) is 20.0 Å². The van der Waals surface area contributed by atoms with Crippen LogP contribution in [0.5, 0.6) is 0 Å². The lowest BCUT2D eigenvalue weighted by molar-refractivity contribution is -0.211. The Balaban J connectivity index is 1.43. The summed E-state index contributed by atoms with van der Waals surface area (Å²) in [5.74, 6) is 0.343. The minimum atomic E-state index is -0.576. The number of piperidine rings is 1. The number of carbonyl (C=O) groups excluding carboxylic acids is 2. The topological polar surface area (TPSA) is 74.3 Å². The molecule has 0 bridgehead atoms. The Hall–Kier alpha value is -1.22. The quantitative estimate of drug-likeness (QED) is 0.572. The zero-order valence-electron chi connectivity index (χ0n) is 23.7. The highest BCUT2D eigenvalue weighted by molar-refractivity contribution is 5.90. The molecule has 206 valence electrons. The van der Waals surface area contributed by atoms with E-state index >= 15 is 0 Å². The molecule has 1 aliphatic carbocycles. The molecule has 4 fully saturated rings. The number of nitrogens with one attached hydrogen (secondary N) is 1. The first kappa shape index (κ1) is 27.8. The van der Waals surface area contributed by atoms with Crippen molar-refractivity contribution in [3.8, 4) is 0 Å². The molecule has 36 heavy (non-hydrogen) atoms. The molecule has 0 radical (unpaired) electrons. The summed E-state index contributed by atoms with van der Waals surface area (Å²) >= 11 is 0. The van der Waals surface area contributed by atoms with E-state index in [4.69, 9.17) is 9.47 Å². The lowest BCUT2D eigenvalue weighted by Crippen LogP contribution is -2.63. The molecule has 1 saturated carbocycles. The van der Waals surface area contributed by atoms with E-state index in [9.17, 15) is 9.59 Å². The molecular weight excluding hydrogens is 456 g/mol. The number of nitrogens with zero attached hydrogens (tertiary/aromatic N) is 3. The van der Waals surface area contributed by atoms with Crippen molar-refractivity contribution in [2.24, 2.45) is 11.8 Å². The largest absolute Gasteiger partial charge is 0.344 e. The fraction of sp³-hybridized carbons (Fsp3) is 0.929. The summed E-state index contributed by atoms with van der Waals surface area (Å²) in [5, 5.41) is 3.38. The van der Waals surface area contributed by atoms with Crippen LogP contribution < -0.4 is 5.32 Å². The van der Waals surface area contributed by atoms with Gasteiger partial charge in [0.05, 0.1) is 18.2 Å². The molecule has 3 aliphatic heterocycles. The third-order valence-electron chi connectivity index (χ3n) is 8.71. The predicted octanol–water partition coefficient (Wildman–Crippen LogP) is 2.85. The van der Waals surface area contributed by atoms with Gasteiger partial charge < -0.3 is 29.5 Å². The van der Waals surface area contributed by atoms with Crippen LogP contribution in [0.3, 0.4) is 0 Å². The summed E-state index contributed by atoms with van der Waals surface area (Å²) in [6, 6.07) is -0.0512. The Morgan fingerprint density at radius 1 is 1.11 bits per heavy atom. The van der Waals surface area contributed by atoms with Crippen LogP contribution in [-0.2, 0) is 19.1 Å². The Labute approximate surface area is 218 Å². The summed E-state index contributed by atoms with van der Waals surface area (Å²) in [6.07, 6.45) is 6.37. The number of hydrogen-bond donors (Lipinski definition) is 1. The van der Waals surface area contributed by atoms with Gasteiger partial charge in [-0.1, -0.05) is 27.7 Å². The molecule has 8 nitrogen and oxygen atoms in total. The van der Waals surface area contributed by atoms with E-state index in [1.807, 2.05) is 9.80 Å². The van der Waals surface area contributed by atoms with Crippen LogP contribution in [0.25, 0.3) is 0 Å². The van der Waals surface area contributed by atoms with Crippen LogP contribution in [0, 0.1) is 11.8 Å². The van der Waals surface area contributed by atoms with E-state index < -0.39 is 11.8 Å². The first-order valence-electron chi connectivity index (χ1n) is 14.4.